The predicted octanol–water partition coefficient (Wildman–Crippen LogP) is 2.28. The molecule has 1 aliphatic rings. The number of methoxy groups -OCH3 is 1. The molecule has 166 valence electrons. The Hall–Kier alpha value is -3.88. The molecule has 0 unspecified atom stereocenters. The number of carbonyl (C=O) groups excluding carboxylic acids is 1. The van der Waals surface area contributed by atoms with Crippen molar-refractivity contribution in [2.24, 2.45) is 14.1 Å². The lowest BCUT2D eigenvalue weighted by atomic mass is 9.86. The second-order valence-corrected chi connectivity index (χ2v) is 7.60. The van der Waals surface area contributed by atoms with Gasteiger partial charge in [-0.05, 0) is 35.4 Å². The van der Waals surface area contributed by atoms with Crippen molar-refractivity contribution in [3.05, 3.63) is 85.8 Å². The van der Waals surface area contributed by atoms with Gasteiger partial charge in [-0.25, -0.2) is 9.18 Å². The third kappa shape index (κ3) is 3.77. The van der Waals surface area contributed by atoms with Crippen LogP contribution in [0.15, 0.2) is 52.1 Å². The number of nitrogens with zero attached hydrogens (tertiary/aromatic N) is 2. The highest BCUT2D eigenvalue weighted by molar-refractivity contribution is 5.94. The van der Waals surface area contributed by atoms with Crippen LogP contribution in [0.5, 0.6) is 11.5 Å². The quantitative estimate of drug-likeness (QED) is 0.659. The van der Waals surface area contributed by atoms with E-state index in [1.54, 1.807) is 30.3 Å². The minimum absolute atomic E-state index is 0.0487. The molecule has 0 saturated carbocycles. The lowest BCUT2D eigenvalue weighted by Crippen LogP contribution is -2.44. The van der Waals surface area contributed by atoms with Crippen molar-refractivity contribution >= 4 is 11.7 Å². The molecule has 1 aromatic heterocycles. The topological polar surface area (TPSA) is 91.6 Å². The number of anilines is 1. The second-order valence-electron chi connectivity index (χ2n) is 7.60. The molecule has 2 heterocycles. The van der Waals surface area contributed by atoms with E-state index in [2.05, 4.69) is 5.32 Å². The third-order valence-corrected chi connectivity index (χ3v) is 5.57. The third-order valence-electron chi connectivity index (χ3n) is 5.57. The minimum atomic E-state index is -0.560. The maximum Gasteiger partial charge on any atom is 0.332 e. The molecule has 8 nitrogen and oxygen atoms in total. The Bertz CT molecular complexity index is 1330. The van der Waals surface area contributed by atoms with Gasteiger partial charge in [-0.3, -0.25) is 18.7 Å². The van der Waals surface area contributed by atoms with Crippen molar-refractivity contribution in [1.82, 2.24) is 9.13 Å². The largest absolute Gasteiger partial charge is 0.493 e. The van der Waals surface area contributed by atoms with Crippen LogP contribution < -0.4 is 26.0 Å². The summed E-state index contributed by atoms with van der Waals surface area (Å²) in [6.45, 7) is 0.144. The molecule has 1 atom stereocenters. The maximum atomic E-state index is 13.4. The van der Waals surface area contributed by atoms with Gasteiger partial charge in [0.15, 0.2) is 11.5 Å². The Morgan fingerprint density at radius 1 is 1.06 bits per heavy atom. The van der Waals surface area contributed by atoms with E-state index >= 15 is 0 Å². The van der Waals surface area contributed by atoms with Gasteiger partial charge in [-0.15, -0.1) is 0 Å². The molecule has 9 heteroatoms. The van der Waals surface area contributed by atoms with Gasteiger partial charge in [0.25, 0.3) is 5.56 Å². The number of amides is 1. The fraction of sp³-hybridized carbons (Fsp3) is 0.261. The highest BCUT2D eigenvalue weighted by atomic mass is 19.1. The van der Waals surface area contributed by atoms with E-state index in [0.29, 0.717) is 28.2 Å². The van der Waals surface area contributed by atoms with Crippen LogP contribution in [-0.4, -0.2) is 22.2 Å². The zero-order valence-corrected chi connectivity index (χ0v) is 17.8. The first-order valence-electron chi connectivity index (χ1n) is 9.95. The van der Waals surface area contributed by atoms with E-state index in [9.17, 15) is 18.8 Å². The summed E-state index contributed by atoms with van der Waals surface area (Å²) in [5, 5.41) is 2.64. The number of halogens is 1. The van der Waals surface area contributed by atoms with E-state index in [1.165, 1.54) is 37.9 Å². The Labute approximate surface area is 182 Å². The number of benzene rings is 2. The van der Waals surface area contributed by atoms with Gasteiger partial charge in [0.2, 0.25) is 5.91 Å². The zero-order chi connectivity index (χ0) is 23.0. The molecule has 2 aromatic carbocycles. The summed E-state index contributed by atoms with van der Waals surface area (Å²) in [6, 6.07) is 11.2. The van der Waals surface area contributed by atoms with Crippen LogP contribution in [0.4, 0.5) is 10.2 Å². The molecular formula is C23H22FN3O5. The van der Waals surface area contributed by atoms with Crippen LogP contribution in [0.2, 0.25) is 0 Å². The van der Waals surface area contributed by atoms with E-state index in [-0.39, 0.29) is 30.6 Å². The summed E-state index contributed by atoms with van der Waals surface area (Å²) >= 11 is 0. The van der Waals surface area contributed by atoms with Crippen LogP contribution in [0.3, 0.4) is 0 Å². The molecule has 1 N–H and O–H groups in total. The highest BCUT2D eigenvalue weighted by Gasteiger charge is 2.32. The molecule has 0 fully saturated rings. The molecule has 3 aromatic rings. The van der Waals surface area contributed by atoms with Gasteiger partial charge in [-0.2, -0.15) is 0 Å². The number of nitrogens with one attached hydrogen (secondary N) is 1. The van der Waals surface area contributed by atoms with E-state index in [4.69, 9.17) is 9.47 Å². The van der Waals surface area contributed by atoms with E-state index in [1.807, 2.05) is 0 Å². The van der Waals surface area contributed by atoms with Crippen molar-refractivity contribution in [2.45, 2.75) is 18.9 Å². The van der Waals surface area contributed by atoms with Crippen LogP contribution in [0.1, 0.15) is 29.0 Å². The van der Waals surface area contributed by atoms with Crippen LogP contribution in [-0.2, 0) is 25.5 Å². The molecule has 32 heavy (non-hydrogen) atoms. The second kappa shape index (κ2) is 8.33. The smallest absolute Gasteiger partial charge is 0.332 e. The summed E-state index contributed by atoms with van der Waals surface area (Å²) in [7, 11) is 4.40. The van der Waals surface area contributed by atoms with Crippen LogP contribution in [0, 0.1) is 5.82 Å². The number of fused-ring (bicyclic) bond motifs is 1. The lowest BCUT2D eigenvalue weighted by molar-refractivity contribution is -0.116. The molecule has 4 rings (SSSR count). The Kier molecular flexibility index (Phi) is 5.56. The van der Waals surface area contributed by atoms with Crippen LogP contribution in [0.25, 0.3) is 0 Å². The van der Waals surface area contributed by atoms with E-state index < -0.39 is 17.2 Å². The molecule has 0 bridgehead atoms. The van der Waals surface area contributed by atoms with Gasteiger partial charge < -0.3 is 14.8 Å². The summed E-state index contributed by atoms with van der Waals surface area (Å²) in [5.41, 5.74) is 0.696. The van der Waals surface area contributed by atoms with Gasteiger partial charge in [0.05, 0.1) is 12.7 Å². The van der Waals surface area contributed by atoms with Crippen molar-refractivity contribution < 1.29 is 18.7 Å². The van der Waals surface area contributed by atoms with Crippen molar-refractivity contribution in [3.63, 3.8) is 0 Å². The summed E-state index contributed by atoms with van der Waals surface area (Å²) in [6.07, 6.45) is 0.0487. The Morgan fingerprint density at radius 2 is 1.84 bits per heavy atom. The number of carbonyl (C=O) groups is 1. The molecule has 0 saturated heterocycles. The standard InChI is InChI=1S/C23H22FN3O5/c1-26-21-20(22(29)27(2)23(26)30)16(11-19(28)25-21)14-7-8-17(18(10-14)31-3)32-12-13-5-4-6-15(24)9-13/h4-10,16H,11-12H2,1-3H3,(H,25,28)/t16-/m1/s1. The fourth-order valence-corrected chi connectivity index (χ4v) is 3.90. The first kappa shape index (κ1) is 21.4. The van der Waals surface area contributed by atoms with Crippen LogP contribution >= 0.6 is 0 Å². The van der Waals surface area contributed by atoms with Gasteiger partial charge in [0.1, 0.15) is 18.2 Å². The van der Waals surface area contributed by atoms with Crippen molar-refractivity contribution in [2.75, 3.05) is 12.4 Å². The number of rotatable bonds is 5. The number of hydrogen-bond acceptors (Lipinski definition) is 5. The zero-order valence-electron chi connectivity index (χ0n) is 17.8. The number of hydrogen-bond donors (Lipinski definition) is 1. The first-order valence-corrected chi connectivity index (χ1v) is 9.95. The average molecular weight is 439 g/mol. The van der Waals surface area contributed by atoms with Crippen molar-refractivity contribution in [3.8, 4) is 11.5 Å². The maximum absolute atomic E-state index is 13.4. The summed E-state index contributed by atoms with van der Waals surface area (Å²) in [5.74, 6) is -0.155. The lowest BCUT2D eigenvalue weighted by Gasteiger charge is -2.27. The minimum Gasteiger partial charge on any atom is -0.493 e. The van der Waals surface area contributed by atoms with E-state index in [0.717, 1.165) is 4.57 Å². The fourth-order valence-electron chi connectivity index (χ4n) is 3.90. The molecule has 1 aliphatic heterocycles. The Balaban J connectivity index is 1.72. The first-order chi connectivity index (χ1) is 15.3. The molecule has 0 radical (unpaired) electrons. The SMILES string of the molecule is COc1cc([C@H]2CC(=O)Nc3c2c(=O)n(C)c(=O)n3C)ccc1OCc1cccc(F)c1. The molecular weight excluding hydrogens is 417 g/mol. The Morgan fingerprint density at radius 3 is 2.56 bits per heavy atom. The number of aromatic nitrogens is 2. The predicted molar refractivity (Wildman–Crippen MR) is 116 cm³/mol. The summed E-state index contributed by atoms with van der Waals surface area (Å²) < 4.78 is 26.9. The highest BCUT2D eigenvalue weighted by Crippen LogP contribution is 2.38. The molecule has 1 amide bonds. The average Bonchev–Trinajstić information content (AvgIpc) is 2.79. The number of ether oxygens (including phenoxy) is 2. The van der Waals surface area contributed by atoms with Gasteiger partial charge in [0, 0.05) is 26.4 Å². The van der Waals surface area contributed by atoms with Gasteiger partial charge in [-0.1, -0.05) is 18.2 Å². The normalized spacial score (nSPS) is 15.1. The summed E-state index contributed by atoms with van der Waals surface area (Å²) in [4.78, 5) is 37.5. The van der Waals surface area contributed by atoms with Crippen molar-refractivity contribution in [1.29, 1.82) is 0 Å². The monoisotopic (exact) mass is 439 g/mol. The molecule has 0 spiro atoms. The van der Waals surface area contributed by atoms with Gasteiger partial charge >= 0.3 is 5.69 Å². The molecule has 0 aliphatic carbocycles.